The van der Waals surface area contributed by atoms with Gasteiger partial charge >= 0.3 is 0 Å². The van der Waals surface area contributed by atoms with E-state index >= 15 is 0 Å². The Bertz CT molecular complexity index is 898. The molecule has 1 unspecified atom stereocenters. The number of benzene rings is 2. The minimum Gasteiger partial charge on any atom is -0.493 e. The molecule has 1 heterocycles. The molecular formula is C22H22N2O3. The van der Waals surface area contributed by atoms with E-state index in [-0.39, 0.29) is 11.7 Å². The van der Waals surface area contributed by atoms with Gasteiger partial charge in [0.05, 0.1) is 6.61 Å². The Labute approximate surface area is 159 Å². The van der Waals surface area contributed by atoms with Gasteiger partial charge in [-0.2, -0.15) is 5.26 Å². The van der Waals surface area contributed by atoms with Crippen molar-refractivity contribution in [1.82, 2.24) is 5.32 Å². The second kappa shape index (κ2) is 8.41. The van der Waals surface area contributed by atoms with Gasteiger partial charge in [0.25, 0.3) is 5.91 Å². The molecule has 0 aromatic heterocycles. The molecule has 0 radical (unpaired) electrons. The fourth-order valence-corrected chi connectivity index (χ4v) is 3.03. The molecule has 27 heavy (non-hydrogen) atoms. The molecule has 0 bridgehead atoms. The van der Waals surface area contributed by atoms with Crippen LogP contribution in [0.3, 0.4) is 0 Å². The molecule has 1 amide bonds. The lowest BCUT2D eigenvalue weighted by molar-refractivity contribution is -0.117. The number of carbonyl (C=O) groups is 1. The van der Waals surface area contributed by atoms with E-state index in [4.69, 9.17) is 9.47 Å². The van der Waals surface area contributed by atoms with Crippen molar-refractivity contribution < 1.29 is 14.3 Å². The Morgan fingerprint density at radius 3 is 2.85 bits per heavy atom. The van der Waals surface area contributed by atoms with Gasteiger partial charge in [0, 0.05) is 24.1 Å². The Morgan fingerprint density at radius 2 is 2.15 bits per heavy atom. The number of ether oxygens (including phenoxy) is 2. The highest BCUT2D eigenvalue weighted by Crippen LogP contribution is 2.36. The average molecular weight is 362 g/mol. The SMILES string of the molecule is CCOc1cc2c(cc1C=C(C#N)C(=O)NCc1ccccc1)OC(C)C2. The van der Waals surface area contributed by atoms with Crippen molar-refractivity contribution in [2.75, 3.05) is 6.61 Å². The van der Waals surface area contributed by atoms with Crippen LogP contribution in [0.25, 0.3) is 6.08 Å². The zero-order valence-corrected chi connectivity index (χ0v) is 15.5. The molecule has 2 aromatic carbocycles. The Balaban J connectivity index is 1.83. The van der Waals surface area contributed by atoms with Crippen molar-refractivity contribution in [2.24, 2.45) is 0 Å². The number of nitriles is 1. The van der Waals surface area contributed by atoms with Crippen LogP contribution in [0.1, 0.15) is 30.5 Å². The molecule has 1 aliphatic heterocycles. The molecule has 0 saturated heterocycles. The second-order valence-electron chi connectivity index (χ2n) is 6.40. The van der Waals surface area contributed by atoms with Crippen molar-refractivity contribution in [3.05, 3.63) is 64.7 Å². The fourth-order valence-electron chi connectivity index (χ4n) is 3.03. The van der Waals surface area contributed by atoms with Crippen LogP contribution in [0.2, 0.25) is 0 Å². The minimum absolute atomic E-state index is 0.0258. The van der Waals surface area contributed by atoms with Crippen molar-refractivity contribution >= 4 is 12.0 Å². The van der Waals surface area contributed by atoms with Gasteiger partial charge in [-0.3, -0.25) is 4.79 Å². The molecular weight excluding hydrogens is 340 g/mol. The first kappa shape index (κ1) is 18.5. The molecule has 1 aliphatic rings. The lowest BCUT2D eigenvalue weighted by Gasteiger charge is -2.11. The summed E-state index contributed by atoms with van der Waals surface area (Å²) in [5.41, 5.74) is 2.74. The van der Waals surface area contributed by atoms with E-state index in [1.54, 1.807) is 6.08 Å². The first-order valence-electron chi connectivity index (χ1n) is 9.01. The van der Waals surface area contributed by atoms with Crippen LogP contribution in [-0.2, 0) is 17.8 Å². The Hall–Kier alpha value is -3.26. The quantitative estimate of drug-likeness (QED) is 0.629. The van der Waals surface area contributed by atoms with E-state index in [0.717, 1.165) is 23.3 Å². The van der Waals surface area contributed by atoms with Crippen LogP contribution in [0.15, 0.2) is 48.0 Å². The van der Waals surface area contributed by atoms with E-state index in [1.165, 1.54) is 0 Å². The van der Waals surface area contributed by atoms with E-state index in [9.17, 15) is 10.1 Å². The highest BCUT2D eigenvalue weighted by atomic mass is 16.5. The zero-order valence-electron chi connectivity index (χ0n) is 15.5. The van der Waals surface area contributed by atoms with E-state index < -0.39 is 5.91 Å². The van der Waals surface area contributed by atoms with Gasteiger partial charge in [0.2, 0.25) is 0 Å². The van der Waals surface area contributed by atoms with Crippen LogP contribution in [0.4, 0.5) is 0 Å². The monoisotopic (exact) mass is 362 g/mol. The van der Waals surface area contributed by atoms with Crippen molar-refractivity contribution in [2.45, 2.75) is 32.9 Å². The standard InChI is InChI=1S/C22H22N2O3/c1-3-26-20-11-17-9-15(2)27-21(17)12-18(20)10-19(13-23)22(25)24-14-16-7-5-4-6-8-16/h4-8,10-12,15H,3,9,14H2,1-2H3,(H,24,25). The number of nitrogens with one attached hydrogen (secondary N) is 1. The van der Waals surface area contributed by atoms with Crippen LogP contribution in [0.5, 0.6) is 11.5 Å². The molecule has 0 fully saturated rings. The highest BCUT2D eigenvalue weighted by molar-refractivity contribution is 6.02. The molecule has 3 rings (SSSR count). The number of hydrogen-bond donors (Lipinski definition) is 1. The Morgan fingerprint density at radius 1 is 1.37 bits per heavy atom. The fraction of sp³-hybridized carbons (Fsp3) is 0.273. The number of hydrogen-bond acceptors (Lipinski definition) is 4. The summed E-state index contributed by atoms with van der Waals surface area (Å²) in [6.45, 7) is 4.77. The van der Waals surface area contributed by atoms with Gasteiger partial charge < -0.3 is 14.8 Å². The number of nitrogens with zero attached hydrogens (tertiary/aromatic N) is 1. The third-order valence-electron chi connectivity index (χ3n) is 4.29. The summed E-state index contributed by atoms with van der Waals surface area (Å²) in [5, 5.41) is 12.2. The van der Waals surface area contributed by atoms with Gasteiger partial charge in [-0.25, -0.2) is 0 Å². The lowest BCUT2D eigenvalue weighted by Crippen LogP contribution is -2.23. The molecule has 0 saturated carbocycles. The summed E-state index contributed by atoms with van der Waals surface area (Å²) >= 11 is 0. The van der Waals surface area contributed by atoms with Crippen molar-refractivity contribution in [3.63, 3.8) is 0 Å². The minimum atomic E-state index is -0.418. The highest BCUT2D eigenvalue weighted by Gasteiger charge is 2.22. The number of carbonyl (C=O) groups excluding carboxylic acids is 1. The largest absolute Gasteiger partial charge is 0.493 e. The summed E-state index contributed by atoms with van der Waals surface area (Å²) in [6, 6.07) is 15.3. The first-order chi connectivity index (χ1) is 13.1. The molecule has 5 nitrogen and oxygen atoms in total. The van der Waals surface area contributed by atoms with Gasteiger partial charge in [0.15, 0.2) is 0 Å². The molecule has 5 heteroatoms. The van der Waals surface area contributed by atoms with Crippen LogP contribution < -0.4 is 14.8 Å². The number of fused-ring (bicyclic) bond motifs is 1. The second-order valence-corrected chi connectivity index (χ2v) is 6.40. The summed E-state index contributed by atoms with van der Waals surface area (Å²) in [6.07, 6.45) is 2.48. The third-order valence-corrected chi connectivity index (χ3v) is 4.29. The smallest absolute Gasteiger partial charge is 0.262 e. The molecule has 1 atom stereocenters. The summed E-state index contributed by atoms with van der Waals surface area (Å²) in [4.78, 5) is 12.4. The van der Waals surface area contributed by atoms with Gasteiger partial charge in [-0.05, 0) is 37.6 Å². The van der Waals surface area contributed by atoms with E-state index in [1.807, 2.05) is 62.4 Å². The summed E-state index contributed by atoms with van der Waals surface area (Å²) < 4.78 is 11.5. The number of amides is 1. The molecule has 2 aromatic rings. The van der Waals surface area contributed by atoms with Crippen LogP contribution >= 0.6 is 0 Å². The topological polar surface area (TPSA) is 71.3 Å². The maximum absolute atomic E-state index is 12.4. The predicted octanol–water partition coefficient (Wildman–Crippen LogP) is 3.63. The first-order valence-corrected chi connectivity index (χ1v) is 9.01. The maximum atomic E-state index is 12.4. The number of rotatable bonds is 6. The van der Waals surface area contributed by atoms with Crippen LogP contribution in [-0.4, -0.2) is 18.6 Å². The average Bonchev–Trinajstić information content (AvgIpc) is 3.04. The predicted molar refractivity (Wildman–Crippen MR) is 103 cm³/mol. The Kier molecular flexibility index (Phi) is 5.77. The van der Waals surface area contributed by atoms with Crippen LogP contribution in [0, 0.1) is 11.3 Å². The van der Waals surface area contributed by atoms with Crippen molar-refractivity contribution in [1.29, 1.82) is 5.26 Å². The summed E-state index contributed by atoms with van der Waals surface area (Å²) in [5.74, 6) is 1.01. The van der Waals surface area contributed by atoms with Gasteiger partial charge in [0.1, 0.15) is 29.2 Å². The molecule has 1 N–H and O–H groups in total. The third kappa shape index (κ3) is 4.48. The molecule has 0 aliphatic carbocycles. The molecule has 0 spiro atoms. The lowest BCUT2D eigenvalue weighted by atomic mass is 10.0. The maximum Gasteiger partial charge on any atom is 0.262 e. The van der Waals surface area contributed by atoms with Crippen molar-refractivity contribution in [3.8, 4) is 17.6 Å². The normalized spacial score (nSPS) is 15.4. The van der Waals surface area contributed by atoms with E-state index in [0.29, 0.717) is 24.5 Å². The van der Waals surface area contributed by atoms with Gasteiger partial charge in [-0.15, -0.1) is 0 Å². The molecule has 138 valence electrons. The zero-order chi connectivity index (χ0) is 19.2. The summed E-state index contributed by atoms with van der Waals surface area (Å²) in [7, 11) is 0. The van der Waals surface area contributed by atoms with E-state index in [2.05, 4.69) is 5.32 Å². The van der Waals surface area contributed by atoms with Gasteiger partial charge in [-0.1, -0.05) is 30.3 Å².